The van der Waals surface area contributed by atoms with E-state index in [0.717, 1.165) is 22.1 Å². The third-order valence-electron chi connectivity index (χ3n) is 5.17. The molecule has 28 heavy (non-hydrogen) atoms. The Morgan fingerprint density at radius 2 is 1.96 bits per heavy atom. The minimum Gasteiger partial charge on any atom is -0.438 e. The molecule has 9 nitrogen and oxygen atoms in total. The molecule has 1 saturated carbocycles. The van der Waals surface area contributed by atoms with Gasteiger partial charge >= 0.3 is 12.1 Å². The number of benzene rings is 1. The molecule has 2 aliphatic heterocycles. The van der Waals surface area contributed by atoms with Gasteiger partial charge < -0.3 is 20.1 Å². The number of rotatable bonds is 2. The van der Waals surface area contributed by atoms with E-state index in [4.69, 9.17) is 9.57 Å². The highest BCUT2D eigenvalue weighted by molar-refractivity contribution is 5.91. The van der Waals surface area contributed by atoms with Crippen LogP contribution in [0.2, 0.25) is 0 Å². The lowest BCUT2D eigenvalue weighted by Gasteiger charge is -2.24. The number of anilines is 2. The summed E-state index contributed by atoms with van der Waals surface area (Å²) in [6.07, 6.45) is -1.18. The minimum absolute atomic E-state index is 0.0257. The fourth-order valence-electron chi connectivity index (χ4n) is 3.51. The van der Waals surface area contributed by atoms with Gasteiger partial charge in [0, 0.05) is 38.7 Å². The lowest BCUT2D eigenvalue weighted by atomic mass is 10.2. The van der Waals surface area contributed by atoms with Crippen LogP contribution in [0.5, 0.6) is 0 Å². The van der Waals surface area contributed by atoms with Crippen LogP contribution in [0.1, 0.15) is 6.42 Å². The van der Waals surface area contributed by atoms with Gasteiger partial charge in [-0.25, -0.2) is 23.4 Å². The van der Waals surface area contributed by atoms with Crippen LogP contribution in [0, 0.1) is 11.6 Å². The van der Waals surface area contributed by atoms with Crippen LogP contribution in [0.3, 0.4) is 0 Å². The van der Waals surface area contributed by atoms with E-state index in [1.807, 2.05) is 0 Å². The molecule has 2 N–H and O–H groups in total. The Hall–Kier alpha value is -2.66. The van der Waals surface area contributed by atoms with Crippen molar-refractivity contribution in [1.29, 1.82) is 0 Å². The topological polar surface area (TPSA) is 94.6 Å². The van der Waals surface area contributed by atoms with Gasteiger partial charge in [-0.2, -0.15) is 0 Å². The van der Waals surface area contributed by atoms with Crippen molar-refractivity contribution in [1.82, 2.24) is 10.4 Å². The first kappa shape index (κ1) is 18.7. The highest BCUT2D eigenvalue weighted by atomic mass is 19.1. The number of hydrogen-bond donors (Lipinski definition) is 2. The molecule has 3 fully saturated rings. The number of aliphatic hydroxyl groups is 1. The quantitative estimate of drug-likeness (QED) is 0.766. The molecule has 2 atom stereocenters. The highest BCUT2D eigenvalue weighted by Gasteiger charge is 2.63. The summed E-state index contributed by atoms with van der Waals surface area (Å²) in [7, 11) is 1.46. The van der Waals surface area contributed by atoms with Crippen LogP contribution >= 0.6 is 0 Å². The Morgan fingerprint density at radius 3 is 2.54 bits per heavy atom. The largest absolute Gasteiger partial charge is 0.438 e. The van der Waals surface area contributed by atoms with E-state index in [1.165, 1.54) is 11.9 Å². The number of hydroxylamine groups is 2. The van der Waals surface area contributed by atoms with Crippen molar-refractivity contribution in [2.75, 3.05) is 49.6 Å². The number of halogens is 2. The smallest absolute Gasteiger partial charge is 0.415 e. The van der Waals surface area contributed by atoms with Gasteiger partial charge in [0.25, 0.3) is 0 Å². The maximum Gasteiger partial charge on any atom is 0.415 e. The molecule has 3 aliphatic rings. The Bertz CT molecular complexity index is 802. The number of carbonyl (C=O) groups is 2. The SMILES string of the molecule is CNC(=O)N1CCN(c2c(F)cc(N3C[C@]4(C[C@@H]4O)OC3=O)cc2F)CCO1. The second kappa shape index (κ2) is 6.74. The predicted octanol–water partition coefficient (Wildman–Crippen LogP) is 0.818. The van der Waals surface area contributed by atoms with Crippen molar-refractivity contribution in [3.8, 4) is 0 Å². The summed E-state index contributed by atoms with van der Waals surface area (Å²) >= 11 is 0. The average molecular weight is 398 g/mol. The molecule has 152 valence electrons. The number of carbonyl (C=O) groups excluding carboxylic acids is 2. The number of nitrogens with one attached hydrogen (secondary N) is 1. The zero-order chi connectivity index (χ0) is 20.1. The van der Waals surface area contributed by atoms with Crippen LogP contribution in [0.15, 0.2) is 12.1 Å². The summed E-state index contributed by atoms with van der Waals surface area (Å²) in [6.45, 7) is 0.597. The second-order valence-electron chi connectivity index (χ2n) is 6.97. The summed E-state index contributed by atoms with van der Waals surface area (Å²) in [5, 5.41) is 13.2. The van der Waals surface area contributed by atoms with Gasteiger partial charge in [0.15, 0.2) is 17.2 Å². The summed E-state index contributed by atoms with van der Waals surface area (Å²) in [5.41, 5.74) is -1.19. The number of nitrogens with zero attached hydrogens (tertiary/aromatic N) is 3. The second-order valence-corrected chi connectivity index (χ2v) is 6.97. The molecular weight excluding hydrogens is 378 g/mol. The maximum absolute atomic E-state index is 14.8. The molecule has 0 aromatic heterocycles. The summed E-state index contributed by atoms with van der Waals surface area (Å²) < 4.78 is 34.7. The van der Waals surface area contributed by atoms with Crippen LogP contribution in [0.25, 0.3) is 0 Å². The first-order valence-electron chi connectivity index (χ1n) is 8.89. The van der Waals surface area contributed by atoms with Gasteiger partial charge in [0.05, 0.1) is 31.5 Å². The van der Waals surface area contributed by atoms with Gasteiger partial charge in [0.1, 0.15) is 5.69 Å². The standard InChI is InChI=1S/C17H20F2N4O5/c1-20-15(25)23-3-2-21(4-5-27-23)14-11(18)6-10(7-12(14)19)22-9-17(8-13(17)24)28-16(22)26/h6-7,13,24H,2-5,8-9H2,1H3,(H,20,25)/t13-,17-/m0/s1. The third kappa shape index (κ3) is 3.10. The summed E-state index contributed by atoms with van der Waals surface area (Å²) in [6, 6.07) is 1.69. The fourth-order valence-corrected chi connectivity index (χ4v) is 3.51. The Labute approximate surface area is 159 Å². The van der Waals surface area contributed by atoms with Gasteiger partial charge in [-0.1, -0.05) is 0 Å². The molecule has 1 aliphatic carbocycles. The van der Waals surface area contributed by atoms with Crippen molar-refractivity contribution >= 4 is 23.5 Å². The van der Waals surface area contributed by atoms with E-state index in [9.17, 15) is 23.5 Å². The molecule has 2 heterocycles. The number of hydrogen-bond acceptors (Lipinski definition) is 6. The number of aliphatic hydroxyl groups excluding tert-OH is 1. The lowest BCUT2D eigenvalue weighted by Crippen LogP contribution is -2.39. The van der Waals surface area contributed by atoms with Crippen molar-refractivity contribution in [3.63, 3.8) is 0 Å². The zero-order valence-electron chi connectivity index (χ0n) is 15.2. The number of urea groups is 1. The predicted molar refractivity (Wildman–Crippen MR) is 92.9 cm³/mol. The summed E-state index contributed by atoms with van der Waals surface area (Å²) in [5.74, 6) is -1.68. The zero-order valence-corrected chi connectivity index (χ0v) is 15.2. The molecule has 0 bridgehead atoms. The molecule has 1 aromatic rings. The molecule has 1 aromatic carbocycles. The van der Waals surface area contributed by atoms with E-state index < -0.39 is 35.5 Å². The lowest BCUT2D eigenvalue weighted by molar-refractivity contribution is -0.104. The van der Waals surface area contributed by atoms with Crippen molar-refractivity contribution < 1.29 is 33.1 Å². The fraction of sp³-hybridized carbons (Fsp3) is 0.529. The third-order valence-corrected chi connectivity index (χ3v) is 5.17. The van der Waals surface area contributed by atoms with Crippen LogP contribution < -0.4 is 15.1 Å². The Morgan fingerprint density at radius 1 is 1.29 bits per heavy atom. The van der Waals surface area contributed by atoms with E-state index in [-0.39, 0.29) is 44.2 Å². The van der Waals surface area contributed by atoms with Crippen molar-refractivity contribution in [3.05, 3.63) is 23.8 Å². The summed E-state index contributed by atoms with van der Waals surface area (Å²) in [4.78, 5) is 31.5. The van der Waals surface area contributed by atoms with Crippen LogP contribution in [-0.2, 0) is 9.57 Å². The molecule has 4 rings (SSSR count). The molecule has 0 unspecified atom stereocenters. The van der Waals surface area contributed by atoms with Crippen molar-refractivity contribution in [2.24, 2.45) is 0 Å². The first-order chi connectivity index (χ1) is 13.3. The minimum atomic E-state index is -0.964. The molecular formula is C17H20F2N4O5. The normalized spacial score (nSPS) is 27.1. The Kier molecular flexibility index (Phi) is 4.50. The number of ether oxygens (including phenoxy) is 1. The molecule has 0 radical (unpaired) electrons. The van der Waals surface area contributed by atoms with Crippen LogP contribution in [-0.4, -0.2) is 73.8 Å². The monoisotopic (exact) mass is 398 g/mol. The number of amides is 3. The molecule has 2 saturated heterocycles. The molecule has 11 heteroatoms. The van der Waals surface area contributed by atoms with Crippen molar-refractivity contribution in [2.45, 2.75) is 18.1 Å². The first-order valence-corrected chi connectivity index (χ1v) is 8.89. The maximum atomic E-state index is 14.8. The highest BCUT2D eigenvalue weighted by Crippen LogP contribution is 2.46. The van der Waals surface area contributed by atoms with E-state index >= 15 is 0 Å². The average Bonchev–Trinajstić information content (AvgIpc) is 3.24. The van der Waals surface area contributed by atoms with Gasteiger partial charge in [-0.3, -0.25) is 9.74 Å². The van der Waals surface area contributed by atoms with E-state index in [1.54, 1.807) is 0 Å². The van der Waals surface area contributed by atoms with Gasteiger partial charge in [-0.15, -0.1) is 0 Å². The van der Waals surface area contributed by atoms with Gasteiger partial charge in [0.2, 0.25) is 0 Å². The van der Waals surface area contributed by atoms with Gasteiger partial charge in [-0.05, 0) is 0 Å². The molecule has 1 spiro atoms. The Balaban J connectivity index is 1.53. The molecule has 3 amide bonds. The van der Waals surface area contributed by atoms with E-state index in [0.29, 0.717) is 6.42 Å². The van der Waals surface area contributed by atoms with Crippen LogP contribution in [0.4, 0.5) is 29.7 Å². The van der Waals surface area contributed by atoms with E-state index in [2.05, 4.69) is 5.32 Å².